The fourth-order valence-electron chi connectivity index (χ4n) is 2.87. The van der Waals surface area contributed by atoms with Crippen LogP contribution >= 0.6 is 0 Å². The second-order valence-corrected chi connectivity index (χ2v) is 5.49. The Morgan fingerprint density at radius 1 is 1.33 bits per heavy atom. The molecular formula is C15H21N3. The fraction of sp³-hybridized carbons (Fsp3) is 0.600. The van der Waals surface area contributed by atoms with Crippen LogP contribution in [-0.2, 0) is 0 Å². The minimum absolute atomic E-state index is 0.527. The van der Waals surface area contributed by atoms with E-state index >= 15 is 0 Å². The zero-order valence-corrected chi connectivity index (χ0v) is 11.2. The third-order valence-electron chi connectivity index (χ3n) is 3.90. The summed E-state index contributed by atoms with van der Waals surface area (Å²) in [4.78, 5) is 4.30. The predicted octanol–water partition coefficient (Wildman–Crippen LogP) is 3.58. The molecule has 1 heterocycles. The summed E-state index contributed by atoms with van der Waals surface area (Å²) in [5, 5.41) is 12.3. The molecule has 0 amide bonds. The lowest BCUT2D eigenvalue weighted by atomic mass is 9.78. The van der Waals surface area contributed by atoms with Gasteiger partial charge < -0.3 is 5.32 Å². The smallest absolute Gasteiger partial charge is 0.126 e. The maximum absolute atomic E-state index is 8.75. The summed E-state index contributed by atoms with van der Waals surface area (Å²) in [6, 6.07) is 6.35. The average molecular weight is 243 g/mol. The van der Waals surface area contributed by atoms with Crippen LogP contribution < -0.4 is 5.32 Å². The molecule has 0 bridgehead atoms. The molecule has 2 rings (SSSR count). The van der Waals surface area contributed by atoms with E-state index in [1.807, 2.05) is 12.1 Å². The van der Waals surface area contributed by atoms with Gasteiger partial charge in [0, 0.05) is 12.2 Å². The minimum atomic E-state index is 0.527. The van der Waals surface area contributed by atoms with E-state index < -0.39 is 0 Å². The van der Waals surface area contributed by atoms with Gasteiger partial charge in [0.2, 0.25) is 0 Å². The van der Waals surface area contributed by atoms with Crippen molar-refractivity contribution >= 4 is 5.82 Å². The first-order valence-corrected chi connectivity index (χ1v) is 6.83. The van der Waals surface area contributed by atoms with Crippen molar-refractivity contribution in [2.75, 3.05) is 5.32 Å². The Morgan fingerprint density at radius 3 is 2.72 bits per heavy atom. The molecule has 1 aliphatic rings. The number of hydrogen-bond acceptors (Lipinski definition) is 3. The van der Waals surface area contributed by atoms with E-state index in [0.29, 0.717) is 17.5 Å². The van der Waals surface area contributed by atoms with Crippen molar-refractivity contribution in [1.82, 2.24) is 4.98 Å². The Bertz CT molecular complexity index is 416. The average Bonchev–Trinajstić information content (AvgIpc) is 2.40. The van der Waals surface area contributed by atoms with Crippen LogP contribution in [0.25, 0.3) is 0 Å². The first kappa shape index (κ1) is 12.9. The van der Waals surface area contributed by atoms with Crippen LogP contribution in [0.2, 0.25) is 0 Å². The molecule has 1 aromatic rings. The van der Waals surface area contributed by atoms with Crippen molar-refractivity contribution in [3.05, 3.63) is 23.9 Å². The molecule has 1 aromatic heterocycles. The van der Waals surface area contributed by atoms with E-state index in [0.717, 1.165) is 11.7 Å². The quantitative estimate of drug-likeness (QED) is 0.882. The number of aromatic nitrogens is 1. The Labute approximate surface area is 109 Å². The molecule has 2 unspecified atom stereocenters. The van der Waals surface area contributed by atoms with Crippen LogP contribution in [0.5, 0.6) is 0 Å². The third kappa shape index (κ3) is 3.01. The minimum Gasteiger partial charge on any atom is -0.367 e. The van der Waals surface area contributed by atoms with Gasteiger partial charge in [0.1, 0.15) is 11.9 Å². The number of nitrogens with zero attached hydrogens (tertiary/aromatic N) is 2. The van der Waals surface area contributed by atoms with Gasteiger partial charge in [-0.25, -0.2) is 4.98 Å². The van der Waals surface area contributed by atoms with Crippen LogP contribution in [0.4, 0.5) is 5.82 Å². The highest BCUT2D eigenvalue weighted by Crippen LogP contribution is 2.31. The number of anilines is 1. The number of pyridine rings is 1. The molecule has 0 aliphatic heterocycles. The molecule has 96 valence electrons. The number of hydrogen-bond donors (Lipinski definition) is 1. The van der Waals surface area contributed by atoms with E-state index in [2.05, 4.69) is 30.2 Å². The normalized spacial score (nSPS) is 23.7. The molecule has 2 atom stereocenters. The first-order chi connectivity index (χ1) is 8.70. The molecule has 1 saturated carbocycles. The van der Waals surface area contributed by atoms with Gasteiger partial charge in [-0.05, 0) is 36.8 Å². The first-order valence-electron chi connectivity index (χ1n) is 6.83. The number of nitriles is 1. The van der Waals surface area contributed by atoms with Gasteiger partial charge in [-0.1, -0.05) is 26.7 Å². The lowest BCUT2D eigenvalue weighted by Gasteiger charge is -2.35. The summed E-state index contributed by atoms with van der Waals surface area (Å²) in [6.07, 6.45) is 6.82. The Hall–Kier alpha value is -1.56. The van der Waals surface area contributed by atoms with Gasteiger partial charge in [-0.15, -0.1) is 0 Å². The summed E-state index contributed by atoms with van der Waals surface area (Å²) < 4.78 is 0. The van der Waals surface area contributed by atoms with Gasteiger partial charge in [0.25, 0.3) is 0 Å². The summed E-state index contributed by atoms with van der Waals surface area (Å²) in [7, 11) is 0. The van der Waals surface area contributed by atoms with E-state index in [1.165, 1.54) is 25.7 Å². The summed E-state index contributed by atoms with van der Waals surface area (Å²) in [5.41, 5.74) is 0.615. The standard InChI is InChI=1S/C15H21N3/c1-11(2)13-5-3-4-6-14(13)18-15-8-7-12(9-16)10-17-15/h7-8,10-11,13-14H,3-6H2,1-2H3,(H,17,18). The maximum atomic E-state index is 8.75. The Kier molecular flexibility index (Phi) is 4.19. The third-order valence-corrected chi connectivity index (χ3v) is 3.90. The van der Waals surface area contributed by atoms with Gasteiger partial charge >= 0.3 is 0 Å². The molecule has 3 heteroatoms. The van der Waals surface area contributed by atoms with Crippen LogP contribution in [0, 0.1) is 23.2 Å². The molecule has 0 radical (unpaired) electrons. The van der Waals surface area contributed by atoms with Crippen LogP contribution in [-0.4, -0.2) is 11.0 Å². The molecule has 0 aromatic carbocycles. The van der Waals surface area contributed by atoms with Crippen LogP contribution in [0.3, 0.4) is 0 Å². The molecule has 1 fully saturated rings. The van der Waals surface area contributed by atoms with Crippen molar-refractivity contribution in [3.63, 3.8) is 0 Å². The fourth-order valence-corrected chi connectivity index (χ4v) is 2.87. The molecule has 18 heavy (non-hydrogen) atoms. The summed E-state index contributed by atoms with van der Waals surface area (Å²) >= 11 is 0. The highest BCUT2D eigenvalue weighted by atomic mass is 15.0. The van der Waals surface area contributed by atoms with Crippen LogP contribution in [0.1, 0.15) is 45.1 Å². The van der Waals surface area contributed by atoms with Gasteiger partial charge in [-0.3, -0.25) is 0 Å². The monoisotopic (exact) mass is 243 g/mol. The van der Waals surface area contributed by atoms with Crippen molar-refractivity contribution in [1.29, 1.82) is 5.26 Å². The van der Waals surface area contributed by atoms with Gasteiger partial charge in [0.15, 0.2) is 0 Å². The highest BCUT2D eigenvalue weighted by molar-refractivity contribution is 5.40. The highest BCUT2D eigenvalue weighted by Gasteiger charge is 2.27. The second-order valence-electron chi connectivity index (χ2n) is 5.49. The largest absolute Gasteiger partial charge is 0.367 e. The molecule has 0 spiro atoms. The molecule has 0 saturated heterocycles. The van der Waals surface area contributed by atoms with Gasteiger partial charge in [-0.2, -0.15) is 5.26 Å². The lowest BCUT2D eigenvalue weighted by molar-refractivity contribution is 0.253. The molecule has 1 aliphatic carbocycles. The number of nitrogens with one attached hydrogen (secondary N) is 1. The van der Waals surface area contributed by atoms with Crippen molar-refractivity contribution in [2.24, 2.45) is 11.8 Å². The summed E-state index contributed by atoms with van der Waals surface area (Å²) in [5.74, 6) is 2.34. The van der Waals surface area contributed by atoms with Gasteiger partial charge in [0.05, 0.1) is 5.56 Å². The predicted molar refractivity (Wildman–Crippen MR) is 73.2 cm³/mol. The Morgan fingerprint density at radius 2 is 2.11 bits per heavy atom. The van der Waals surface area contributed by atoms with Crippen molar-refractivity contribution in [3.8, 4) is 6.07 Å². The SMILES string of the molecule is CC(C)C1CCCCC1Nc1ccc(C#N)cn1. The zero-order chi connectivity index (χ0) is 13.0. The second kappa shape index (κ2) is 5.86. The summed E-state index contributed by atoms with van der Waals surface area (Å²) in [6.45, 7) is 4.60. The molecule has 3 nitrogen and oxygen atoms in total. The zero-order valence-electron chi connectivity index (χ0n) is 11.2. The molecule has 1 N–H and O–H groups in total. The van der Waals surface area contributed by atoms with Crippen molar-refractivity contribution in [2.45, 2.75) is 45.6 Å². The van der Waals surface area contributed by atoms with E-state index in [9.17, 15) is 0 Å². The number of rotatable bonds is 3. The van der Waals surface area contributed by atoms with E-state index in [4.69, 9.17) is 5.26 Å². The van der Waals surface area contributed by atoms with E-state index in [1.54, 1.807) is 6.20 Å². The Balaban J connectivity index is 2.04. The van der Waals surface area contributed by atoms with Crippen molar-refractivity contribution < 1.29 is 0 Å². The van der Waals surface area contributed by atoms with Crippen LogP contribution in [0.15, 0.2) is 18.3 Å². The maximum Gasteiger partial charge on any atom is 0.126 e. The molecular weight excluding hydrogens is 222 g/mol. The lowest BCUT2D eigenvalue weighted by Crippen LogP contribution is -2.35. The topological polar surface area (TPSA) is 48.7 Å². The van der Waals surface area contributed by atoms with E-state index in [-0.39, 0.29) is 0 Å².